The van der Waals surface area contributed by atoms with Gasteiger partial charge in [-0.3, -0.25) is 0 Å². The highest BCUT2D eigenvalue weighted by Crippen LogP contribution is 2.10. The van der Waals surface area contributed by atoms with Gasteiger partial charge >= 0.3 is 11.9 Å². The molecule has 192 valence electrons. The molecule has 0 bridgehead atoms. The fourth-order valence-electron chi connectivity index (χ4n) is 3.13. The van der Waals surface area contributed by atoms with Crippen LogP contribution in [0, 0.1) is 0 Å². The van der Waals surface area contributed by atoms with Gasteiger partial charge in [-0.1, -0.05) is 89.7 Å². The number of unbranched alkanes of at least 4 members (excludes halogenated alkanes) is 12. The van der Waals surface area contributed by atoms with Crippen molar-refractivity contribution in [2.45, 2.75) is 96.8 Å². The topological polar surface area (TPSA) is 153 Å². The maximum absolute atomic E-state index is 10.5. The minimum atomic E-state index is -1.23. The predicted octanol–water partition coefficient (Wildman–Crippen LogP) is 5.41. The van der Waals surface area contributed by atoms with Gasteiger partial charge < -0.3 is 27.4 Å². The molecular weight excluding hydrogens is 418 g/mol. The molecule has 0 heterocycles. The highest BCUT2D eigenvalue weighted by molar-refractivity contribution is 6.01. The molecule has 0 unspecified atom stereocenters. The van der Waals surface area contributed by atoms with Gasteiger partial charge in [-0.05, 0) is 51.0 Å². The molecule has 0 atom stereocenters. The van der Waals surface area contributed by atoms with Crippen LogP contribution in [-0.2, 0) is 0 Å². The summed E-state index contributed by atoms with van der Waals surface area (Å²) in [6.45, 7) is 4.79. The third kappa shape index (κ3) is 23.0. The summed E-state index contributed by atoms with van der Waals surface area (Å²) >= 11 is 0. The molecule has 0 radical (unpaired) electrons. The minimum Gasteiger partial charge on any atom is -0.478 e. The number of hydrogen-bond donors (Lipinski definition) is 5. The van der Waals surface area contributed by atoms with Crippen LogP contribution in [0.5, 0.6) is 0 Å². The summed E-state index contributed by atoms with van der Waals surface area (Å²) in [7, 11) is 0. The molecule has 0 saturated carbocycles. The second-order valence-electron chi connectivity index (χ2n) is 8.12. The number of nitrogens with two attached hydrogens (primary N) is 3. The highest BCUT2D eigenvalue weighted by Gasteiger charge is 2.13. The molecule has 0 aliphatic rings. The molecule has 0 aliphatic carbocycles. The minimum absolute atomic E-state index is 0.190. The van der Waals surface area contributed by atoms with Crippen LogP contribution in [0.1, 0.15) is 118 Å². The molecule has 33 heavy (non-hydrogen) atoms. The van der Waals surface area contributed by atoms with E-state index in [-0.39, 0.29) is 11.1 Å². The van der Waals surface area contributed by atoms with Gasteiger partial charge in [-0.25, -0.2) is 9.59 Å². The van der Waals surface area contributed by atoms with Crippen LogP contribution >= 0.6 is 0 Å². The summed E-state index contributed by atoms with van der Waals surface area (Å²) in [6, 6.07) is 5.48. The van der Waals surface area contributed by atoms with Crippen molar-refractivity contribution in [2.24, 2.45) is 17.2 Å². The molecular formula is C26H49N3O4. The second kappa shape index (κ2) is 26.3. The van der Waals surface area contributed by atoms with Crippen LogP contribution in [0.3, 0.4) is 0 Å². The van der Waals surface area contributed by atoms with E-state index in [0.29, 0.717) is 0 Å². The van der Waals surface area contributed by atoms with Gasteiger partial charge in [0.15, 0.2) is 0 Å². The Hall–Kier alpha value is -1.96. The molecule has 0 aromatic heterocycles. The first-order valence-corrected chi connectivity index (χ1v) is 12.6. The smallest absolute Gasteiger partial charge is 0.336 e. The normalized spacial score (nSPS) is 9.94. The zero-order valence-corrected chi connectivity index (χ0v) is 20.8. The first kappa shape index (κ1) is 33.2. The Balaban J connectivity index is 0. The maximum Gasteiger partial charge on any atom is 0.336 e. The van der Waals surface area contributed by atoms with Gasteiger partial charge in [-0.2, -0.15) is 0 Å². The van der Waals surface area contributed by atoms with Gasteiger partial charge in [0.05, 0.1) is 11.1 Å². The summed E-state index contributed by atoms with van der Waals surface area (Å²) in [4.78, 5) is 20.9. The Morgan fingerprint density at radius 1 is 0.576 bits per heavy atom. The van der Waals surface area contributed by atoms with E-state index in [2.05, 4.69) is 6.92 Å². The third-order valence-electron chi connectivity index (χ3n) is 5.10. The van der Waals surface area contributed by atoms with Crippen molar-refractivity contribution in [2.75, 3.05) is 19.6 Å². The largest absolute Gasteiger partial charge is 0.478 e. The van der Waals surface area contributed by atoms with E-state index >= 15 is 0 Å². The number of carboxylic acids is 2. The lowest BCUT2D eigenvalue weighted by atomic mass is 10.1. The van der Waals surface area contributed by atoms with E-state index in [4.69, 9.17) is 27.4 Å². The number of aromatic carboxylic acids is 2. The lowest BCUT2D eigenvalue weighted by Crippen LogP contribution is -2.06. The molecule has 0 aliphatic heterocycles. The Morgan fingerprint density at radius 2 is 0.848 bits per heavy atom. The van der Waals surface area contributed by atoms with E-state index in [9.17, 15) is 9.59 Å². The Morgan fingerprint density at radius 3 is 1.09 bits per heavy atom. The second-order valence-corrected chi connectivity index (χ2v) is 8.12. The van der Waals surface area contributed by atoms with Crippen molar-refractivity contribution >= 4 is 11.9 Å². The molecule has 0 saturated heterocycles. The number of benzene rings is 1. The van der Waals surface area contributed by atoms with Gasteiger partial charge in [0.1, 0.15) is 0 Å². The van der Waals surface area contributed by atoms with Crippen molar-refractivity contribution < 1.29 is 19.8 Å². The average Bonchev–Trinajstić information content (AvgIpc) is 2.81. The highest BCUT2D eigenvalue weighted by atomic mass is 16.4. The van der Waals surface area contributed by atoms with Crippen molar-refractivity contribution in [1.29, 1.82) is 0 Å². The van der Waals surface area contributed by atoms with Crippen LogP contribution in [0.25, 0.3) is 0 Å². The molecule has 1 aromatic rings. The van der Waals surface area contributed by atoms with E-state index in [1.165, 1.54) is 114 Å². The summed E-state index contributed by atoms with van der Waals surface area (Å²) in [6.07, 6.45) is 18.6. The van der Waals surface area contributed by atoms with Crippen molar-refractivity contribution in [3.05, 3.63) is 35.4 Å². The Labute approximate surface area is 201 Å². The molecule has 8 N–H and O–H groups in total. The third-order valence-corrected chi connectivity index (χ3v) is 5.10. The van der Waals surface area contributed by atoms with Gasteiger partial charge in [0, 0.05) is 0 Å². The van der Waals surface area contributed by atoms with Crippen molar-refractivity contribution in [3.8, 4) is 0 Å². The van der Waals surface area contributed by atoms with Crippen LogP contribution in [0.2, 0.25) is 0 Å². The first-order valence-electron chi connectivity index (χ1n) is 12.6. The van der Waals surface area contributed by atoms with E-state index < -0.39 is 11.9 Å². The molecule has 0 amide bonds. The van der Waals surface area contributed by atoms with E-state index in [0.717, 1.165) is 19.6 Å². The monoisotopic (exact) mass is 467 g/mol. The molecule has 1 aromatic carbocycles. The molecule has 0 spiro atoms. The summed E-state index contributed by atoms with van der Waals surface area (Å²) in [5.41, 5.74) is 15.7. The summed E-state index contributed by atoms with van der Waals surface area (Å²) in [5.74, 6) is -2.46. The van der Waals surface area contributed by atoms with Crippen LogP contribution in [0.4, 0.5) is 0 Å². The van der Waals surface area contributed by atoms with E-state index in [1.54, 1.807) is 0 Å². The van der Waals surface area contributed by atoms with E-state index in [1.807, 2.05) is 0 Å². The zero-order chi connectivity index (χ0) is 25.2. The fourth-order valence-corrected chi connectivity index (χ4v) is 3.13. The molecule has 0 fully saturated rings. The Kier molecular flexibility index (Phi) is 26.5. The average molecular weight is 468 g/mol. The standard InChI is InChI=1S/C12H28N2.C8H6O4.C6H15N/c13-11-9-7-5-3-1-2-4-6-8-10-12-14;9-7(10)5-3-1-2-4-6(5)8(11)12;1-2-3-4-5-6-7/h1-14H2;1-4H,(H,9,10)(H,11,12);2-7H2,1H3. The van der Waals surface area contributed by atoms with Crippen LogP contribution in [-0.4, -0.2) is 41.8 Å². The van der Waals surface area contributed by atoms with Crippen LogP contribution in [0.15, 0.2) is 24.3 Å². The SMILES string of the molecule is CCCCCCN.NCCCCCCCCCCCCN.O=C(O)c1ccccc1C(=O)O. The maximum atomic E-state index is 10.5. The number of carbonyl (C=O) groups is 2. The number of rotatable bonds is 17. The van der Waals surface area contributed by atoms with Gasteiger partial charge in [-0.15, -0.1) is 0 Å². The summed E-state index contributed by atoms with van der Waals surface area (Å²) < 4.78 is 0. The molecule has 1 rings (SSSR count). The quantitative estimate of drug-likeness (QED) is 0.192. The Bertz CT molecular complexity index is 533. The zero-order valence-electron chi connectivity index (χ0n) is 20.8. The molecule has 7 heteroatoms. The van der Waals surface area contributed by atoms with Gasteiger partial charge in [0.25, 0.3) is 0 Å². The fraction of sp³-hybridized carbons (Fsp3) is 0.692. The number of carboxylic acid groups (broad SMARTS) is 2. The number of hydrogen-bond acceptors (Lipinski definition) is 5. The van der Waals surface area contributed by atoms with Crippen molar-refractivity contribution in [3.63, 3.8) is 0 Å². The lowest BCUT2D eigenvalue weighted by Gasteiger charge is -2.01. The van der Waals surface area contributed by atoms with Gasteiger partial charge in [0.2, 0.25) is 0 Å². The predicted molar refractivity (Wildman–Crippen MR) is 138 cm³/mol. The summed E-state index contributed by atoms with van der Waals surface area (Å²) in [5, 5.41) is 17.1. The van der Waals surface area contributed by atoms with Crippen LogP contribution < -0.4 is 17.2 Å². The molecule has 7 nitrogen and oxygen atoms in total. The first-order chi connectivity index (χ1) is 16.0. The van der Waals surface area contributed by atoms with Crippen molar-refractivity contribution in [1.82, 2.24) is 0 Å². The lowest BCUT2D eigenvalue weighted by molar-refractivity contribution is 0.0651.